The smallest absolute Gasteiger partial charge is 0.131 e. The number of aliphatic hydroxyl groups excluding tert-OH is 1. The summed E-state index contributed by atoms with van der Waals surface area (Å²) in [5.41, 5.74) is 8.05. The average molecular weight is 401 g/mol. The van der Waals surface area contributed by atoms with Crippen LogP contribution >= 0.6 is 0 Å². The summed E-state index contributed by atoms with van der Waals surface area (Å²) in [4.78, 5) is 3.51. The van der Waals surface area contributed by atoms with E-state index in [0.29, 0.717) is 12.0 Å². The third-order valence-corrected chi connectivity index (χ3v) is 6.22. The normalized spacial score (nSPS) is 16.5. The number of nitrogens with zero attached hydrogens (tertiary/aromatic N) is 1. The molecule has 1 aliphatic carbocycles. The van der Waals surface area contributed by atoms with Crippen LogP contribution in [0.1, 0.15) is 48.9 Å². The molecule has 154 valence electrons. The fourth-order valence-corrected chi connectivity index (χ4v) is 4.45. The minimum absolute atomic E-state index is 0.328. The second kappa shape index (κ2) is 7.42. The van der Waals surface area contributed by atoms with Gasteiger partial charge in [0, 0.05) is 28.7 Å². The lowest BCUT2D eigenvalue weighted by Gasteiger charge is -2.28. The predicted molar refractivity (Wildman–Crippen MR) is 120 cm³/mol. The molecule has 0 saturated carbocycles. The van der Waals surface area contributed by atoms with E-state index in [9.17, 15) is 5.11 Å². The highest BCUT2D eigenvalue weighted by Gasteiger charge is 2.29. The van der Waals surface area contributed by atoms with Gasteiger partial charge in [-0.25, -0.2) is 0 Å². The number of rotatable bonds is 5. The number of hydrogen-bond acceptors (Lipinski definition) is 3. The molecule has 1 aliphatic rings. The van der Waals surface area contributed by atoms with Crippen molar-refractivity contribution in [2.75, 3.05) is 0 Å². The van der Waals surface area contributed by atoms with Gasteiger partial charge in [0.2, 0.25) is 0 Å². The molecule has 0 aliphatic heterocycles. The zero-order valence-electron chi connectivity index (χ0n) is 17.5. The SMILES string of the molecule is CC1(C)CCc2c(-c3cc4cc(C(O)NCc5ccccc5)ccc4[nH]3)n[nH]c2C1. The summed E-state index contributed by atoms with van der Waals surface area (Å²) < 4.78 is 0. The van der Waals surface area contributed by atoms with E-state index in [0.717, 1.165) is 46.3 Å². The molecule has 1 unspecified atom stereocenters. The van der Waals surface area contributed by atoms with Crippen molar-refractivity contribution in [1.29, 1.82) is 0 Å². The van der Waals surface area contributed by atoms with Gasteiger partial charge < -0.3 is 10.1 Å². The van der Waals surface area contributed by atoms with E-state index in [-0.39, 0.29) is 0 Å². The van der Waals surface area contributed by atoms with Gasteiger partial charge in [-0.2, -0.15) is 5.10 Å². The lowest BCUT2D eigenvalue weighted by atomic mass is 9.76. The number of aromatic amines is 2. The van der Waals surface area contributed by atoms with Crippen molar-refractivity contribution in [3.8, 4) is 11.4 Å². The van der Waals surface area contributed by atoms with Gasteiger partial charge in [-0.15, -0.1) is 0 Å². The lowest BCUT2D eigenvalue weighted by molar-refractivity contribution is 0.137. The number of aliphatic hydroxyl groups is 1. The lowest BCUT2D eigenvalue weighted by Crippen LogP contribution is -2.21. The van der Waals surface area contributed by atoms with E-state index >= 15 is 0 Å². The maximum Gasteiger partial charge on any atom is 0.131 e. The van der Waals surface area contributed by atoms with E-state index in [2.05, 4.69) is 40.4 Å². The molecule has 0 spiro atoms. The second-order valence-corrected chi connectivity index (χ2v) is 9.17. The van der Waals surface area contributed by atoms with Gasteiger partial charge >= 0.3 is 0 Å². The van der Waals surface area contributed by atoms with Gasteiger partial charge in [0.25, 0.3) is 0 Å². The molecule has 5 rings (SSSR count). The summed E-state index contributed by atoms with van der Waals surface area (Å²) in [7, 11) is 0. The van der Waals surface area contributed by atoms with Crippen molar-refractivity contribution in [2.24, 2.45) is 5.41 Å². The molecule has 0 fully saturated rings. The summed E-state index contributed by atoms with van der Waals surface area (Å²) in [5, 5.41) is 22.8. The summed E-state index contributed by atoms with van der Waals surface area (Å²) in [5.74, 6) is 0. The number of H-pyrrole nitrogens is 2. The Balaban J connectivity index is 1.38. The number of benzene rings is 2. The Morgan fingerprint density at radius 1 is 1.13 bits per heavy atom. The summed E-state index contributed by atoms with van der Waals surface area (Å²) in [6, 6.07) is 18.3. The first-order valence-corrected chi connectivity index (χ1v) is 10.6. The Hall–Kier alpha value is -2.89. The third kappa shape index (κ3) is 3.66. The highest BCUT2D eigenvalue weighted by molar-refractivity contribution is 5.86. The summed E-state index contributed by atoms with van der Waals surface area (Å²) in [6.07, 6.45) is 2.56. The number of fused-ring (bicyclic) bond motifs is 2. The van der Waals surface area contributed by atoms with Crippen molar-refractivity contribution in [2.45, 2.75) is 45.9 Å². The molecule has 5 heteroatoms. The molecule has 30 heavy (non-hydrogen) atoms. The Morgan fingerprint density at radius 2 is 1.97 bits per heavy atom. The van der Waals surface area contributed by atoms with E-state index in [1.54, 1.807) is 0 Å². The van der Waals surface area contributed by atoms with Crippen LogP contribution < -0.4 is 5.32 Å². The van der Waals surface area contributed by atoms with Gasteiger partial charge in [-0.3, -0.25) is 10.4 Å². The molecule has 0 radical (unpaired) electrons. The first-order chi connectivity index (χ1) is 14.5. The number of hydrogen-bond donors (Lipinski definition) is 4. The van der Waals surface area contributed by atoms with Gasteiger partial charge in [0.05, 0.1) is 5.69 Å². The largest absolute Gasteiger partial charge is 0.374 e. The molecule has 5 nitrogen and oxygen atoms in total. The van der Waals surface area contributed by atoms with E-state index in [1.165, 1.54) is 17.7 Å². The van der Waals surface area contributed by atoms with Crippen LogP contribution in [0.4, 0.5) is 0 Å². The molecular formula is C25H28N4O. The second-order valence-electron chi connectivity index (χ2n) is 9.17. The minimum atomic E-state index is -0.715. The third-order valence-electron chi connectivity index (χ3n) is 6.22. The highest BCUT2D eigenvalue weighted by Crippen LogP contribution is 2.38. The van der Waals surface area contributed by atoms with Crippen molar-refractivity contribution < 1.29 is 5.11 Å². The highest BCUT2D eigenvalue weighted by atomic mass is 16.3. The maximum atomic E-state index is 10.6. The molecule has 4 aromatic rings. The van der Waals surface area contributed by atoms with Crippen LogP contribution in [-0.2, 0) is 19.4 Å². The quantitative estimate of drug-likeness (QED) is 0.362. The Labute approximate surface area is 176 Å². The van der Waals surface area contributed by atoms with Crippen molar-refractivity contribution in [1.82, 2.24) is 20.5 Å². The molecule has 1 atom stereocenters. The van der Waals surface area contributed by atoms with Gasteiger partial charge in [-0.1, -0.05) is 50.2 Å². The van der Waals surface area contributed by atoms with E-state index in [4.69, 9.17) is 0 Å². The predicted octanol–water partition coefficient (Wildman–Crippen LogP) is 4.85. The van der Waals surface area contributed by atoms with Crippen LogP contribution in [0.2, 0.25) is 0 Å². The Morgan fingerprint density at radius 3 is 2.80 bits per heavy atom. The Bertz CT molecular complexity index is 1170. The standard InChI is InChI=1S/C25H28N4O/c1-25(2)11-10-19-22(14-25)28-29-23(19)21-13-18-12-17(8-9-20(18)27-21)24(30)26-15-16-6-4-3-5-7-16/h3-9,12-13,24,26-27,30H,10-11,14-15H2,1-2H3,(H,28,29). The summed E-state index contributed by atoms with van der Waals surface area (Å²) in [6.45, 7) is 5.25. The van der Waals surface area contributed by atoms with Crippen LogP contribution in [-0.4, -0.2) is 20.3 Å². The zero-order chi connectivity index (χ0) is 20.7. The van der Waals surface area contributed by atoms with Crippen molar-refractivity contribution in [3.05, 3.63) is 77.0 Å². The van der Waals surface area contributed by atoms with Crippen LogP contribution in [0.25, 0.3) is 22.3 Å². The molecule has 0 amide bonds. The molecule has 4 N–H and O–H groups in total. The molecule has 0 bridgehead atoms. The Kier molecular flexibility index (Phi) is 4.72. The molecule has 2 heterocycles. The average Bonchev–Trinajstić information content (AvgIpc) is 3.34. The molecule has 2 aromatic heterocycles. The first kappa shape index (κ1) is 19.1. The first-order valence-electron chi connectivity index (χ1n) is 10.6. The zero-order valence-corrected chi connectivity index (χ0v) is 17.5. The fraction of sp³-hybridized carbons (Fsp3) is 0.320. The van der Waals surface area contributed by atoms with Gasteiger partial charge in [0.1, 0.15) is 11.9 Å². The van der Waals surface area contributed by atoms with Crippen LogP contribution in [0.15, 0.2) is 54.6 Å². The van der Waals surface area contributed by atoms with Gasteiger partial charge in [0.15, 0.2) is 0 Å². The number of nitrogens with one attached hydrogen (secondary N) is 3. The topological polar surface area (TPSA) is 76.7 Å². The molecule has 0 saturated heterocycles. The molecule has 2 aromatic carbocycles. The molecular weight excluding hydrogens is 372 g/mol. The van der Waals surface area contributed by atoms with Crippen LogP contribution in [0.5, 0.6) is 0 Å². The van der Waals surface area contributed by atoms with Crippen LogP contribution in [0.3, 0.4) is 0 Å². The van der Waals surface area contributed by atoms with E-state index < -0.39 is 6.23 Å². The van der Waals surface area contributed by atoms with Crippen molar-refractivity contribution >= 4 is 10.9 Å². The summed E-state index contributed by atoms with van der Waals surface area (Å²) >= 11 is 0. The number of aromatic nitrogens is 3. The van der Waals surface area contributed by atoms with Gasteiger partial charge in [-0.05, 0) is 54.0 Å². The minimum Gasteiger partial charge on any atom is -0.374 e. The maximum absolute atomic E-state index is 10.6. The fourth-order valence-electron chi connectivity index (χ4n) is 4.45. The van der Waals surface area contributed by atoms with Crippen LogP contribution in [0, 0.1) is 5.41 Å². The van der Waals surface area contributed by atoms with Crippen molar-refractivity contribution in [3.63, 3.8) is 0 Å². The monoisotopic (exact) mass is 400 g/mol. The van der Waals surface area contributed by atoms with E-state index in [1.807, 2.05) is 48.5 Å².